The van der Waals surface area contributed by atoms with E-state index in [-0.39, 0.29) is 44.3 Å². The van der Waals surface area contributed by atoms with Gasteiger partial charge in [-0.25, -0.2) is 17.6 Å². The topological polar surface area (TPSA) is 51.6 Å². The number of aromatic nitrogens is 4. The molecule has 0 radical (unpaired) electrons. The normalized spacial score (nSPS) is 12.8. The van der Waals surface area contributed by atoms with Crippen LogP contribution in [0.15, 0.2) is 19.7 Å². The molecule has 0 aliphatic rings. The van der Waals surface area contributed by atoms with Crippen molar-refractivity contribution in [3.05, 3.63) is 65.2 Å². The summed E-state index contributed by atoms with van der Waals surface area (Å²) in [5, 5.41) is 0. The number of hydrogen-bond acceptors (Lipinski definition) is 8. The quantitative estimate of drug-likeness (QED) is 0.0217. The third kappa shape index (κ3) is 23.0. The van der Waals surface area contributed by atoms with E-state index in [0.717, 1.165) is 80.7 Å². The first-order valence-corrected chi connectivity index (χ1v) is 38.3. The summed E-state index contributed by atoms with van der Waals surface area (Å²) in [7, 11) is 0. The highest BCUT2D eigenvalue weighted by molar-refractivity contribution is 9.11. The number of thiophene rings is 2. The van der Waals surface area contributed by atoms with Gasteiger partial charge in [0.05, 0.1) is 42.2 Å². The predicted octanol–water partition coefficient (Wildman–Crippen LogP) is 27.4. The largest absolute Gasteiger partial charge is 0.203 e. The average Bonchev–Trinajstić information content (AvgIpc) is 3.19. The molecule has 0 aliphatic heterocycles. The van der Waals surface area contributed by atoms with Crippen molar-refractivity contribution >= 4 is 112 Å². The van der Waals surface area contributed by atoms with E-state index in [0.29, 0.717) is 21.6 Å². The molecule has 0 saturated heterocycles. The maximum absolute atomic E-state index is 16.8. The molecule has 0 aliphatic carbocycles. The van der Waals surface area contributed by atoms with Gasteiger partial charge in [0.2, 0.25) is 0 Å². The van der Waals surface area contributed by atoms with Crippen molar-refractivity contribution < 1.29 is 17.6 Å². The molecule has 0 N–H and O–H groups in total. The third-order valence-corrected chi connectivity index (χ3v) is 22.6. The predicted molar refractivity (Wildman–Crippen MR) is 367 cm³/mol. The van der Waals surface area contributed by atoms with Crippen LogP contribution in [0.4, 0.5) is 17.6 Å². The molecule has 0 fully saturated rings. The second-order valence-corrected chi connectivity index (χ2v) is 30.3. The number of fused-ring (bicyclic) bond motifs is 2. The molecule has 6 rings (SSSR count). The van der Waals surface area contributed by atoms with Gasteiger partial charge in [-0.2, -0.15) is 17.5 Å². The molecule has 0 saturated carbocycles. The zero-order chi connectivity index (χ0) is 59.7. The van der Waals surface area contributed by atoms with Crippen LogP contribution in [0.1, 0.15) is 307 Å². The van der Waals surface area contributed by atoms with Crippen LogP contribution in [-0.2, 0) is 12.8 Å². The van der Waals surface area contributed by atoms with Crippen LogP contribution >= 0.6 is 78.0 Å². The molecule has 4 nitrogen and oxygen atoms in total. The Morgan fingerprint density at radius 2 is 0.607 bits per heavy atom. The first-order chi connectivity index (χ1) is 41.1. The first kappa shape index (κ1) is 71.0. The van der Waals surface area contributed by atoms with E-state index >= 15 is 17.6 Å². The third-order valence-electron chi connectivity index (χ3n) is 17.6. The monoisotopic (exact) mass is 1360 g/mol. The van der Waals surface area contributed by atoms with Gasteiger partial charge < -0.3 is 0 Å². The lowest BCUT2D eigenvalue weighted by molar-refractivity contribution is 0.399. The van der Waals surface area contributed by atoms with Gasteiger partial charge in [0.15, 0.2) is 23.3 Å². The Balaban J connectivity index is 1.16. The lowest BCUT2D eigenvalue weighted by Crippen LogP contribution is -2.05. The molecule has 4 heterocycles. The van der Waals surface area contributed by atoms with Gasteiger partial charge in [-0.1, -0.05) is 285 Å². The number of hydrogen-bond donors (Lipinski definition) is 0. The standard InChI is InChI=1S/C70H102Br2F4N4S4/c1-5-9-13-17-21-25-27-31-35-39-43-51(41-37-33-29-23-19-15-11-7-3)47-53-49-57(81-69(53)71)59-63(75)61(73)55(65-67(59)79-83-77-65)45-46-56-62(74)64(76)60(68-66(56)78-84-80-68)58-50-54(70(72)82-58)48-52(42-38-34-30-24-20-16-12-8-4)44-40-36-32-28-26-22-18-14-10-6-2/h45-46,49-52H,5-44,47-48H2,1-4H3/b46-45+. The summed E-state index contributed by atoms with van der Waals surface area (Å²) in [4.78, 5) is 1.17. The summed E-state index contributed by atoms with van der Waals surface area (Å²) >= 11 is 12.2. The van der Waals surface area contributed by atoms with E-state index in [4.69, 9.17) is 0 Å². The van der Waals surface area contributed by atoms with Gasteiger partial charge in [-0.3, -0.25) is 0 Å². The molecule has 468 valence electrons. The van der Waals surface area contributed by atoms with Gasteiger partial charge in [0, 0.05) is 20.9 Å². The van der Waals surface area contributed by atoms with E-state index in [1.807, 2.05) is 12.1 Å². The van der Waals surface area contributed by atoms with Crippen LogP contribution in [0.5, 0.6) is 0 Å². The number of benzene rings is 2. The maximum atomic E-state index is 16.8. The highest BCUT2D eigenvalue weighted by Crippen LogP contribution is 2.45. The average molecular weight is 1360 g/mol. The van der Waals surface area contributed by atoms with Crippen LogP contribution in [0.25, 0.3) is 55.1 Å². The molecular formula is C70H102Br2F4N4S4. The van der Waals surface area contributed by atoms with Crippen molar-refractivity contribution in [3.8, 4) is 20.9 Å². The molecule has 2 aromatic carbocycles. The number of halogens is 6. The molecule has 0 bridgehead atoms. The highest BCUT2D eigenvalue weighted by Gasteiger charge is 2.28. The Morgan fingerprint density at radius 3 is 0.881 bits per heavy atom. The molecule has 0 amide bonds. The fourth-order valence-electron chi connectivity index (χ4n) is 12.5. The summed E-state index contributed by atoms with van der Waals surface area (Å²) in [6, 6.07) is 4.02. The Morgan fingerprint density at radius 1 is 0.357 bits per heavy atom. The molecular weight excluding hydrogens is 1260 g/mol. The molecule has 2 atom stereocenters. The molecule has 2 unspecified atom stereocenters. The van der Waals surface area contributed by atoms with Crippen LogP contribution in [-0.4, -0.2) is 17.5 Å². The van der Waals surface area contributed by atoms with Gasteiger partial charge >= 0.3 is 0 Å². The summed E-state index contributed by atoms with van der Waals surface area (Å²) in [6.45, 7) is 9.07. The fraction of sp³-hybridized carbons (Fsp3) is 0.686. The summed E-state index contributed by atoms with van der Waals surface area (Å²) < 4.78 is 86.7. The Labute approximate surface area is 538 Å². The fourth-order valence-corrected chi connectivity index (χ4v) is 17.1. The lowest BCUT2D eigenvalue weighted by atomic mass is 9.89. The summed E-state index contributed by atoms with van der Waals surface area (Å²) in [5.74, 6) is -3.30. The van der Waals surface area contributed by atoms with Crippen molar-refractivity contribution in [3.63, 3.8) is 0 Å². The minimum Gasteiger partial charge on any atom is -0.203 e. The van der Waals surface area contributed by atoms with E-state index in [2.05, 4.69) is 77.0 Å². The van der Waals surface area contributed by atoms with Crippen molar-refractivity contribution in [1.29, 1.82) is 0 Å². The van der Waals surface area contributed by atoms with Gasteiger partial charge in [0.1, 0.15) is 22.1 Å². The first-order valence-electron chi connectivity index (χ1n) is 33.6. The zero-order valence-electron chi connectivity index (χ0n) is 51.9. The number of nitrogens with zero attached hydrogens (tertiary/aromatic N) is 4. The Bertz CT molecular complexity index is 2620. The second kappa shape index (κ2) is 41.2. The summed E-state index contributed by atoms with van der Waals surface area (Å²) in [6.07, 6.45) is 55.8. The minimum atomic E-state index is -1.11. The summed E-state index contributed by atoms with van der Waals surface area (Å²) in [5.41, 5.74) is 2.83. The van der Waals surface area contributed by atoms with E-state index < -0.39 is 23.3 Å². The van der Waals surface area contributed by atoms with Crippen molar-refractivity contribution in [2.45, 2.75) is 297 Å². The van der Waals surface area contributed by atoms with E-state index in [9.17, 15) is 0 Å². The molecule has 4 aromatic heterocycles. The SMILES string of the molecule is CCCCCCCCCCCCC(CCCCCCCCCC)Cc1cc(-c2c(F)c(F)c(/C=C/c3c(F)c(F)c(-c4cc(CC(CCCCCCCCCC)CCCCCCCCCCCC)c(Br)s4)c4nsnc34)c3nsnc23)sc1Br. The maximum Gasteiger partial charge on any atom is 0.170 e. The highest BCUT2D eigenvalue weighted by atomic mass is 79.9. The van der Waals surface area contributed by atoms with Crippen molar-refractivity contribution in [2.24, 2.45) is 11.8 Å². The van der Waals surface area contributed by atoms with Crippen LogP contribution in [0, 0.1) is 35.1 Å². The molecule has 14 heteroatoms. The van der Waals surface area contributed by atoms with E-state index in [1.165, 1.54) is 266 Å². The molecule has 6 aromatic rings. The number of rotatable bonds is 48. The van der Waals surface area contributed by atoms with Crippen molar-refractivity contribution in [2.75, 3.05) is 0 Å². The van der Waals surface area contributed by atoms with Crippen LogP contribution < -0.4 is 0 Å². The zero-order valence-corrected chi connectivity index (χ0v) is 58.3. The Hall–Kier alpha value is -2.10. The van der Waals surface area contributed by atoms with Crippen LogP contribution in [0.2, 0.25) is 0 Å². The lowest BCUT2D eigenvalue weighted by Gasteiger charge is -2.17. The molecule has 0 spiro atoms. The molecule has 84 heavy (non-hydrogen) atoms. The van der Waals surface area contributed by atoms with Gasteiger partial charge in [-0.15, -0.1) is 22.7 Å². The van der Waals surface area contributed by atoms with Crippen molar-refractivity contribution in [1.82, 2.24) is 17.5 Å². The van der Waals surface area contributed by atoms with Gasteiger partial charge in [-0.05, 0) is 91.9 Å². The second-order valence-electron chi connectivity index (χ2n) is 24.5. The van der Waals surface area contributed by atoms with Crippen LogP contribution in [0.3, 0.4) is 0 Å². The Kier molecular flexibility index (Phi) is 34.9. The van der Waals surface area contributed by atoms with Gasteiger partial charge in [0.25, 0.3) is 0 Å². The number of unbranched alkanes of at least 4 members (excludes halogenated alkanes) is 32. The van der Waals surface area contributed by atoms with E-state index in [1.54, 1.807) is 0 Å². The smallest absolute Gasteiger partial charge is 0.170 e. The minimum absolute atomic E-state index is 0.0760.